The summed E-state index contributed by atoms with van der Waals surface area (Å²) in [7, 11) is -3.57. The fraction of sp³-hybridized carbons (Fsp3) is 0.909. The van der Waals surface area contributed by atoms with E-state index in [2.05, 4.69) is 13.8 Å². The maximum atomic E-state index is 13.6. The Hall–Kier alpha value is -0.750. The average Bonchev–Trinajstić information content (AvgIpc) is 2.90. The van der Waals surface area contributed by atoms with Gasteiger partial charge in [-0.05, 0) is 68.6 Å². The summed E-state index contributed by atoms with van der Waals surface area (Å²) >= 11 is 0. The van der Waals surface area contributed by atoms with E-state index in [1.165, 1.54) is 0 Å². The summed E-state index contributed by atoms with van der Waals surface area (Å²) in [4.78, 5) is 25.9. The predicted octanol–water partition coefficient (Wildman–Crippen LogP) is 3.76. The van der Waals surface area contributed by atoms with Crippen LogP contribution in [0.5, 0.6) is 0 Å². The molecule has 0 saturated heterocycles. The number of carbonyl (C=O) groups excluding carboxylic acids is 2. The molecule has 4 rings (SSSR count). The Balaban J connectivity index is 1.73. The second-order valence-electron chi connectivity index (χ2n) is 10.5. The van der Waals surface area contributed by atoms with E-state index in [0.29, 0.717) is 24.7 Å². The van der Waals surface area contributed by atoms with Gasteiger partial charge in [-0.2, -0.15) is 8.42 Å². The lowest BCUT2D eigenvalue weighted by Gasteiger charge is -2.61. The van der Waals surface area contributed by atoms with Crippen LogP contribution >= 0.6 is 0 Å². The summed E-state index contributed by atoms with van der Waals surface area (Å²) in [5.41, 5.74) is -0.647. The van der Waals surface area contributed by atoms with Crippen LogP contribution in [0, 0.1) is 40.4 Å². The highest BCUT2D eigenvalue weighted by Gasteiger charge is 2.65. The zero-order valence-corrected chi connectivity index (χ0v) is 18.4. The minimum absolute atomic E-state index is 0.0117. The Morgan fingerprint density at radius 3 is 2.43 bits per heavy atom. The number of Topliss-reactive ketones (excluding diaryl/α,β-unsaturated/α-hetero) is 2. The first-order valence-corrected chi connectivity index (χ1v) is 12.7. The number of hydrogen-bond donors (Lipinski definition) is 0. The fourth-order valence-electron chi connectivity index (χ4n) is 8.12. The maximum absolute atomic E-state index is 13.6. The van der Waals surface area contributed by atoms with Gasteiger partial charge in [-0.1, -0.05) is 20.3 Å². The molecule has 4 aliphatic carbocycles. The molecule has 0 radical (unpaired) electrons. The summed E-state index contributed by atoms with van der Waals surface area (Å²) in [5.74, 6) is 1.28. The van der Waals surface area contributed by atoms with E-state index in [9.17, 15) is 18.0 Å². The number of fused-ring (bicyclic) bond motifs is 5. The van der Waals surface area contributed by atoms with Crippen molar-refractivity contribution < 1.29 is 22.2 Å². The molecular formula is C22H34O5S. The highest BCUT2D eigenvalue weighted by molar-refractivity contribution is 7.86. The molecule has 0 N–H and O–H groups in total. The largest absolute Gasteiger partial charge is 0.300 e. The third-order valence-corrected chi connectivity index (χ3v) is 9.73. The van der Waals surface area contributed by atoms with Crippen LogP contribution in [0.4, 0.5) is 0 Å². The Morgan fingerprint density at radius 2 is 1.79 bits per heavy atom. The van der Waals surface area contributed by atoms with E-state index in [4.69, 9.17) is 4.18 Å². The summed E-state index contributed by atoms with van der Waals surface area (Å²) in [6.45, 7) is 5.95. The molecule has 0 aliphatic heterocycles. The average molecular weight is 411 g/mol. The first kappa shape index (κ1) is 20.5. The van der Waals surface area contributed by atoms with Gasteiger partial charge < -0.3 is 0 Å². The van der Waals surface area contributed by atoms with E-state index in [1.54, 1.807) is 6.92 Å². The molecule has 0 bridgehead atoms. The lowest BCUT2D eigenvalue weighted by Crippen LogP contribution is -2.61. The van der Waals surface area contributed by atoms with E-state index >= 15 is 0 Å². The Labute approximate surface area is 169 Å². The van der Waals surface area contributed by atoms with Crippen LogP contribution in [0.15, 0.2) is 0 Å². The highest BCUT2D eigenvalue weighted by atomic mass is 32.2. The van der Waals surface area contributed by atoms with Crippen molar-refractivity contribution in [3.05, 3.63) is 0 Å². The van der Waals surface area contributed by atoms with Gasteiger partial charge in [0.1, 0.15) is 11.6 Å². The third kappa shape index (κ3) is 2.92. The van der Waals surface area contributed by atoms with Crippen LogP contribution in [0.2, 0.25) is 0 Å². The van der Waals surface area contributed by atoms with Crippen molar-refractivity contribution in [3.8, 4) is 0 Å². The third-order valence-electron chi connectivity index (χ3n) is 9.15. The first-order chi connectivity index (χ1) is 13.0. The lowest BCUT2D eigenvalue weighted by atomic mass is 9.43. The minimum atomic E-state index is -3.57. The molecule has 0 amide bonds. The molecule has 0 aromatic heterocycles. The standard InChI is InChI=1S/C22H34O5S/c1-13(23)16-10-11-17-15-9-8-14-6-5-7-19(27-28(4,25)26)22(14,3)20(15)18(24)12-21(16,17)2/h14-17,19-20H,5-12H2,1-4H3/t14-,15-,16+,17-,19?,20+,21-,22+/m0/s1. The Bertz CT molecular complexity index is 789. The van der Waals surface area contributed by atoms with Gasteiger partial charge in [0.05, 0.1) is 12.4 Å². The molecule has 0 heterocycles. The van der Waals surface area contributed by atoms with Crippen LogP contribution in [0.25, 0.3) is 0 Å². The molecule has 5 nitrogen and oxygen atoms in total. The number of carbonyl (C=O) groups is 2. The van der Waals surface area contributed by atoms with E-state index < -0.39 is 21.6 Å². The van der Waals surface area contributed by atoms with Gasteiger partial charge >= 0.3 is 0 Å². The Kier molecular flexibility index (Phi) is 4.86. The molecule has 1 unspecified atom stereocenters. The van der Waals surface area contributed by atoms with Crippen molar-refractivity contribution in [2.24, 2.45) is 40.4 Å². The summed E-state index contributed by atoms with van der Waals surface area (Å²) < 4.78 is 29.5. The SMILES string of the molecule is CC(=O)[C@H]1CC[C@H]2[C@@H]3CC[C@@H]4CCCC(OS(C)(=O)=O)[C@]4(C)[C@H]3C(=O)C[C@@]12C. The summed E-state index contributed by atoms with van der Waals surface area (Å²) in [6, 6.07) is 0. The zero-order chi connectivity index (χ0) is 20.5. The fourth-order valence-corrected chi connectivity index (χ4v) is 8.85. The van der Waals surface area contributed by atoms with Crippen molar-refractivity contribution >= 4 is 21.7 Å². The van der Waals surface area contributed by atoms with E-state index in [0.717, 1.165) is 44.8 Å². The number of rotatable bonds is 3. The van der Waals surface area contributed by atoms with Crippen molar-refractivity contribution in [3.63, 3.8) is 0 Å². The second kappa shape index (κ2) is 6.63. The van der Waals surface area contributed by atoms with Gasteiger partial charge in [0, 0.05) is 23.7 Å². The smallest absolute Gasteiger partial charge is 0.264 e. The van der Waals surface area contributed by atoms with Crippen LogP contribution in [0.3, 0.4) is 0 Å². The van der Waals surface area contributed by atoms with Gasteiger partial charge in [0.15, 0.2) is 0 Å². The van der Waals surface area contributed by atoms with Crippen LogP contribution in [0.1, 0.15) is 72.1 Å². The zero-order valence-electron chi connectivity index (χ0n) is 17.6. The molecule has 4 saturated carbocycles. The lowest BCUT2D eigenvalue weighted by molar-refractivity contribution is -0.173. The maximum Gasteiger partial charge on any atom is 0.264 e. The molecule has 158 valence electrons. The Morgan fingerprint density at radius 1 is 1.07 bits per heavy atom. The molecule has 0 spiro atoms. The second-order valence-corrected chi connectivity index (χ2v) is 12.1. The van der Waals surface area contributed by atoms with Gasteiger partial charge in [0.2, 0.25) is 0 Å². The molecular weight excluding hydrogens is 376 g/mol. The first-order valence-electron chi connectivity index (χ1n) is 10.9. The highest BCUT2D eigenvalue weighted by Crippen LogP contribution is 2.66. The van der Waals surface area contributed by atoms with Crippen molar-refractivity contribution in [1.82, 2.24) is 0 Å². The van der Waals surface area contributed by atoms with E-state index in [-0.39, 0.29) is 34.7 Å². The minimum Gasteiger partial charge on any atom is -0.300 e. The predicted molar refractivity (Wildman–Crippen MR) is 106 cm³/mol. The number of hydrogen-bond acceptors (Lipinski definition) is 5. The van der Waals surface area contributed by atoms with Gasteiger partial charge in [-0.25, -0.2) is 0 Å². The van der Waals surface area contributed by atoms with Crippen molar-refractivity contribution in [1.29, 1.82) is 0 Å². The topological polar surface area (TPSA) is 77.5 Å². The molecule has 0 aromatic carbocycles. The molecule has 0 aromatic rings. The van der Waals surface area contributed by atoms with Crippen molar-refractivity contribution in [2.75, 3.05) is 6.26 Å². The molecule has 28 heavy (non-hydrogen) atoms. The molecule has 4 aliphatic rings. The van der Waals surface area contributed by atoms with Crippen LogP contribution in [-0.4, -0.2) is 32.3 Å². The van der Waals surface area contributed by atoms with Gasteiger partial charge in [-0.3, -0.25) is 13.8 Å². The summed E-state index contributed by atoms with van der Waals surface area (Å²) in [6.07, 6.45) is 7.82. The van der Waals surface area contributed by atoms with Crippen LogP contribution < -0.4 is 0 Å². The number of ketones is 2. The van der Waals surface area contributed by atoms with E-state index in [1.807, 2.05) is 0 Å². The quantitative estimate of drug-likeness (QED) is 0.662. The molecule has 8 atom stereocenters. The normalized spacial score (nSPS) is 48.5. The molecule has 4 fully saturated rings. The monoisotopic (exact) mass is 410 g/mol. The molecule has 6 heteroatoms. The van der Waals surface area contributed by atoms with Crippen LogP contribution in [-0.2, 0) is 23.9 Å². The van der Waals surface area contributed by atoms with Crippen molar-refractivity contribution in [2.45, 2.75) is 78.2 Å². The van der Waals surface area contributed by atoms with Gasteiger partial charge in [0.25, 0.3) is 10.1 Å². The van der Waals surface area contributed by atoms with Gasteiger partial charge in [-0.15, -0.1) is 0 Å². The summed E-state index contributed by atoms with van der Waals surface area (Å²) in [5, 5.41) is 0.